The van der Waals surface area contributed by atoms with Gasteiger partial charge in [0, 0.05) is 0 Å². The Bertz CT molecular complexity index is 597. The Morgan fingerprint density at radius 2 is 2.05 bits per heavy atom. The Kier molecular flexibility index (Phi) is 2.71. The van der Waals surface area contributed by atoms with Gasteiger partial charge in [-0.1, -0.05) is 50.2 Å². The molecule has 1 aliphatic rings. The third-order valence-electron chi connectivity index (χ3n) is 3.82. The largest absolute Gasteiger partial charge is 0.338 e. The molecule has 2 atom stereocenters. The first kappa shape index (κ1) is 12.4. The van der Waals surface area contributed by atoms with Crippen molar-refractivity contribution >= 4 is 0 Å². The molecule has 1 aromatic carbocycles. The highest BCUT2D eigenvalue weighted by molar-refractivity contribution is 5.43. The summed E-state index contributed by atoms with van der Waals surface area (Å²) in [7, 11) is 0. The first-order valence-electron chi connectivity index (χ1n) is 6.63. The Morgan fingerprint density at radius 1 is 1.32 bits per heavy atom. The predicted molar refractivity (Wildman–Crippen MR) is 72.7 cm³/mol. The normalized spacial score (nSPS) is 19.7. The Morgan fingerprint density at radius 3 is 2.74 bits per heavy atom. The molecule has 2 N–H and O–H groups in total. The summed E-state index contributed by atoms with van der Waals surface area (Å²) in [5.41, 5.74) is 8.74. The molecule has 2 aromatic rings. The van der Waals surface area contributed by atoms with Gasteiger partial charge in [-0.25, -0.2) is 0 Å². The van der Waals surface area contributed by atoms with Gasteiger partial charge < -0.3 is 10.3 Å². The summed E-state index contributed by atoms with van der Waals surface area (Å²) >= 11 is 0. The third-order valence-corrected chi connectivity index (χ3v) is 3.82. The molecule has 0 spiro atoms. The molecule has 1 heterocycles. The second-order valence-electron chi connectivity index (χ2n) is 6.29. The third kappa shape index (κ3) is 2.06. The lowest BCUT2D eigenvalue weighted by atomic mass is 9.77. The fraction of sp³-hybridized carbons (Fsp3) is 0.467. The van der Waals surface area contributed by atoms with Gasteiger partial charge in [0.15, 0.2) is 5.82 Å². The Hall–Kier alpha value is -1.68. The predicted octanol–water partition coefficient (Wildman–Crippen LogP) is 2.80. The summed E-state index contributed by atoms with van der Waals surface area (Å²) in [6.45, 7) is 6.21. The molecule has 0 bridgehead atoms. The summed E-state index contributed by atoms with van der Waals surface area (Å²) < 4.78 is 5.34. The van der Waals surface area contributed by atoms with E-state index in [1.807, 2.05) is 6.07 Å². The quantitative estimate of drug-likeness (QED) is 0.898. The summed E-state index contributed by atoms with van der Waals surface area (Å²) in [5, 5.41) is 4.11. The van der Waals surface area contributed by atoms with Crippen molar-refractivity contribution in [2.45, 2.75) is 39.2 Å². The number of hydrogen-bond acceptors (Lipinski definition) is 4. The van der Waals surface area contributed by atoms with Crippen LogP contribution in [0.25, 0.3) is 0 Å². The van der Waals surface area contributed by atoms with Crippen molar-refractivity contribution < 1.29 is 4.52 Å². The molecule has 0 aliphatic heterocycles. The molecular formula is C15H19N3O. The Balaban J connectivity index is 1.84. The van der Waals surface area contributed by atoms with Crippen LogP contribution >= 0.6 is 0 Å². The van der Waals surface area contributed by atoms with Gasteiger partial charge in [-0.3, -0.25) is 0 Å². The fourth-order valence-electron chi connectivity index (χ4n) is 2.37. The molecule has 0 radical (unpaired) electrons. The molecule has 4 heteroatoms. The standard InChI is InChI=1S/C15H19N3O/c1-15(2,3)12(16)14-17-13(18-19-14)11-8-9-6-4-5-7-10(9)11/h4-7,11-12H,8,16H2,1-3H3. The average molecular weight is 257 g/mol. The molecule has 0 saturated carbocycles. The van der Waals surface area contributed by atoms with Gasteiger partial charge in [-0.15, -0.1) is 0 Å². The molecule has 0 amide bonds. The van der Waals surface area contributed by atoms with Gasteiger partial charge in [0.25, 0.3) is 0 Å². The van der Waals surface area contributed by atoms with Crippen molar-refractivity contribution in [2.75, 3.05) is 0 Å². The number of fused-ring (bicyclic) bond motifs is 1. The van der Waals surface area contributed by atoms with Gasteiger partial charge in [-0.05, 0) is 23.0 Å². The fourth-order valence-corrected chi connectivity index (χ4v) is 2.37. The van der Waals surface area contributed by atoms with Crippen LogP contribution in [0, 0.1) is 5.41 Å². The lowest BCUT2D eigenvalue weighted by Gasteiger charge is -2.27. The van der Waals surface area contributed by atoms with Crippen molar-refractivity contribution in [3.05, 3.63) is 47.1 Å². The summed E-state index contributed by atoms with van der Waals surface area (Å²) in [4.78, 5) is 4.49. The topological polar surface area (TPSA) is 64.9 Å². The van der Waals surface area contributed by atoms with Crippen LogP contribution < -0.4 is 5.73 Å². The van der Waals surface area contributed by atoms with Gasteiger partial charge in [0.1, 0.15) is 0 Å². The second-order valence-corrected chi connectivity index (χ2v) is 6.29. The molecule has 4 nitrogen and oxygen atoms in total. The van der Waals surface area contributed by atoms with E-state index in [2.05, 4.69) is 49.1 Å². The smallest absolute Gasteiger partial charge is 0.244 e. The highest BCUT2D eigenvalue weighted by atomic mass is 16.5. The Labute approximate surface area is 113 Å². The van der Waals surface area contributed by atoms with E-state index in [9.17, 15) is 0 Å². The molecule has 100 valence electrons. The van der Waals surface area contributed by atoms with Gasteiger partial charge in [0.05, 0.1) is 12.0 Å². The summed E-state index contributed by atoms with van der Waals surface area (Å²) in [5.74, 6) is 1.56. The van der Waals surface area contributed by atoms with Crippen LogP contribution in [0.4, 0.5) is 0 Å². The monoisotopic (exact) mass is 257 g/mol. The van der Waals surface area contributed by atoms with E-state index in [0.29, 0.717) is 5.89 Å². The zero-order valence-corrected chi connectivity index (χ0v) is 11.6. The van der Waals surface area contributed by atoms with Crippen LogP contribution in [-0.4, -0.2) is 10.1 Å². The van der Waals surface area contributed by atoms with E-state index in [4.69, 9.17) is 10.3 Å². The molecule has 2 unspecified atom stereocenters. The lowest BCUT2D eigenvalue weighted by molar-refractivity contribution is 0.252. The summed E-state index contributed by atoms with van der Waals surface area (Å²) in [6, 6.07) is 8.15. The maximum absolute atomic E-state index is 6.14. The van der Waals surface area contributed by atoms with Crippen LogP contribution in [0.5, 0.6) is 0 Å². The minimum atomic E-state index is -0.232. The van der Waals surface area contributed by atoms with E-state index in [0.717, 1.165) is 12.2 Å². The molecule has 0 saturated heterocycles. The van der Waals surface area contributed by atoms with E-state index in [-0.39, 0.29) is 17.4 Å². The van der Waals surface area contributed by atoms with Crippen molar-refractivity contribution in [3.8, 4) is 0 Å². The lowest BCUT2D eigenvalue weighted by Crippen LogP contribution is -2.26. The molecule has 1 aromatic heterocycles. The maximum atomic E-state index is 6.14. The minimum Gasteiger partial charge on any atom is -0.338 e. The van der Waals surface area contributed by atoms with E-state index in [1.165, 1.54) is 11.1 Å². The van der Waals surface area contributed by atoms with Crippen LogP contribution in [0.2, 0.25) is 0 Å². The minimum absolute atomic E-state index is 0.0820. The van der Waals surface area contributed by atoms with Gasteiger partial charge >= 0.3 is 0 Å². The molecule has 1 aliphatic carbocycles. The molecule has 19 heavy (non-hydrogen) atoms. The van der Waals surface area contributed by atoms with Gasteiger partial charge in [-0.2, -0.15) is 4.98 Å². The maximum Gasteiger partial charge on any atom is 0.244 e. The second kappa shape index (κ2) is 4.17. The van der Waals surface area contributed by atoms with Crippen molar-refractivity contribution in [1.82, 2.24) is 10.1 Å². The highest BCUT2D eigenvalue weighted by Gasteiger charge is 2.33. The van der Waals surface area contributed by atoms with Crippen molar-refractivity contribution in [3.63, 3.8) is 0 Å². The van der Waals surface area contributed by atoms with E-state index in [1.54, 1.807) is 0 Å². The molecular weight excluding hydrogens is 238 g/mol. The van der Waals surface area contributed by atoms with Crippen LogP contribution in [0.15, 0.2) is 28.8 Å². The molecule has 3 rings (SSSR count). The van der Waals surface area contributed by atoms with Crippen LogP contribution in [0.3, 0.4) is 0 Å². The SMILES string of the molecule is CC(C)(C)C(N)c1nc(C2Cc3ccccc32)no1. The van der Waals surface area contributed by atoms with Crippen LogP contribution in [0.1, 0.15) is 55.6 Å². The number of nitrogens with zero attached hydrogens (tertiary/aromatic N) is 2. The van der Waals surface area contributed by atoms with E-state index >= 15 is 0 Å². The average Bonchev–Trinajstić information content (AvgIpc) is 2.77. The number of hydrogen-bond donors (Lipinski definition) is 1. The first-order valence-corrected chi connectivity index (χ1v) is 6.63. The van der Waals surface area contributed by atoms with Gasteiger partial charge in [0.2, 0.25) is 5.89 Å². The number of rotatable bonds is 2. The van der Waals surface area contributed by atoms with Crippen LogP contribution in [-0.2, 0) is 6.42 Å². The van der Waals surface area contributed by atoms with Crippen molar-refractivity contribution in [2.24, 2.45) is 11.1 Å². The molecule has 0 fully saturated rings. The first-order chi connectivity index (χ1) is 8.97. The zero-order valence-electron chi connectivity index (χ0n) is 11.6. The number of benzene rings is 1. The summed E-state index contributed by atoms with van der Waals surface area (Å²) in [6.07, 6.45) is 0.986. The van der Waals surface area contributed by atoms with Crippen molar-refractivity contribution in [1.29, 1.82) is 0 Å². The van der Waals surface area contributed by atoms with E-state index < -0.39 is 0 Å². The zero-order chi connectivity index (χ0) is 13.6. The highest BCUT2D eigenvalue weighted by Crippen LogP contribution is 2.39. The number of nitrogens with two attached hydrogens (primary N) is 1. The number of aromatic nitrogens is 2.